The van der Waals surface area contributed by atoms with Gasteiger partial charge in [0.2, 0.25) is 112 Å². The summed E-state index contributed by atoms with van der Waals surface area (Å²) in [4.78, 5) is 263. The molecule has 0 aromatic heterocycles. The smallest absolute Gasteiger partial charge is 0.245 e. The number of primary amides is 2. The van der Waals surface area contributed by atoms with Crippen molar-refractivity contribution in [2.24, 2.45) is 63.6 Å². The van der Waals surface area contributed by atoms with Crippen LogP contribution in [0, 0.1) is 17.8 Å². The third-order valence-corrected chi connectivity index (χ3v) is 22.5. The lowest BCUT2D eigenvalue weighted by atomic mass is 9.97. The number of aliphatic hydroxyl groups is 1. The van der Waals surface area contributed by atoms with Crippen LogP contribution < -0.4 is 136 Å². The molecule has 0 unspecified atom stereocenters. The molecule has 0 saturated carbocycles. The lowest BCUT2D eigenvalue weighted by Crippen LogP contribution is -2.62. The van der Waals surface area contributed by atoms with Gasteiger partial charge < -0.3 is 141 Å². The van der Waals surface area contributed by atoms with E-state index in [1.807, 2.05) is 0 Å². The van der Waals surface area contributed by atoms with Crippen LogP contribution in [0.3, 0.4) is 0 Å². The van der Waals surface area contributed by atoms with E-state index < -0.39 is 241 Å². The van der Waals surface area contributed by atoms with Gasteiger partial charge in [-0.25, -0.2) is 0 Å². The molecule has 136 heavy (non-hydrogen) atoms. The molecule has 772 valence electrons. The summed E-state index contributed by atoms with van der Waals surface area (Å²) in [5.74, 6) is -17.5. The zero-order valence-corrected chi connectivity index (χ0v) is 81.5. The molecule has 34 N–H and O–H groups in total. The Bertz CT molecular complexity index is 3890. The summed E-state index contributed by atoms with van der Waals surface area (Å²) in [7, 11) is 0. The van der Waals surface area contributed by atoms with Gasteiger partial charge in [0.1, 0.15) is 84.6 Å². The van der Waals surface area contributed by atoms with Gasteiger partial charge in [0.15, 0.2) is 0 Å². The molecule has 45 heteroatoms. The van der Waals surface area contributed by atoms with Gasteiger partial charge in [0, 0.05) is 19.3 Å². The van der Waals surface area contributed by atoms with Crippen molar-refractivity contribution in [3.8, 4) is 0 Å². The van der Waals surface area contributed by atoms with E-state index in [1.165, 1.54) is 20.8 Å². The minimum atomic E-state index is -1.66. The summed E-state index contributed by atoms with van der Waals surface area (Å²) in [6.07, 6.45) is 6.45. The number of benzene rings is 1. The molecule has 16 atom stereocenters. The first-order valence-electron chi connectivity index (χ1n) is 48.1. The molecule has 1 aromatic rings. The first-order chi connectivity index (χ1) is 64.6. The fourth-order valence-corrected chi connectivity index (χ4v) is 14.2. The quantitative estimate of drug-likeness (QED) is 0.0273. The number of rotatable bonds is 75. The van der Waals surface area contributed by atoms with Crippen LogP contribution in [0.15, 0.2) is 30.3 Å². The van der Waals surface area contributed by atoms with Crippen molar-refractivity contribution in [3.63, 3.8) is 0 Å². The fraction of sp³-hybridized carbons (Fsp3) is 0.725. The second-order valence-corrected chi connectivity index (χ2v) is 35.3. The van der Waals surface area contributed by atoms with E-state index in [9.17, 15) is 91.4 Å². The summed E-state index contributed by atoms with van der Waals surface area (Å²) in [6, 6.07) is -11.3. The number of nitrogens with two attached hydrogens (primary N) is 8. The van der Waals surface area contributed by atoms with Crippen LogP contribution in [0.25, 0.3) is 0 Å². The molecular formula is C91H163N25O20. The maximum absolute atomic E-state index is 15.0. The SMILES string of the molecule is CCCCCCCC(=O)NCC(=O)N[C@@H](C)C(=O)N[C@H](C(=O)N[C@@H](C)C(=O)N[C@H](C(=O)N[C@@H](CCCCN)C(=O)N[C@@H](CCC(N)=O)C(=O)N[C@H](C(=O)N[C@@H](CCCCN)C(=O)N[C@@H](CCCCN)C(=O)N[C@@H](CC(C)C)C(=O)N[C@@H](Cc1ccccc1)C(=O)N[C@@H](CCCCN)C(=O)N[C@@H](CCCCN)C(=O)N[C@@H](CCCCN)C(=O)NCC(=O)NCC(N)=O)C(C)C)[C@@H](C)CC)[C@@H](C)O. The summed E-state index contributed by atoms with van der Waals surface area (Å²) in [5, 5.41) is 54.9. The third-order valence-electron chi connectivity index (χ3n) is 22.5. The number of hydrogen-bond donors (Lipinski definition) is 26. The van der Waals surface area contributed by atoms with E-state index >= 15 is 4.79 Å². The summed E-state index contributed by atoms with van der Waals surface area (Å²) in [5.41, 5.74) is 46.5. The summed E-state index contributed by atoms with van der Waals surface area (Å²) >= 11 is 0. The van der Waals surface area contributed by atoms with Crippen molar-refractivity contribution in [2.45, 2.75) is 346 Å². The molecule has 0 heterocycles. The third kappa shape index (κ3) is 51.7. The average molecular weight is 1930 g/mol. The van der Waals surface area contributed by atoms with E-state index in [4.69, 9.17) is 45.9 Å². The Morgan fingerprint density at radius 3 is 1.03 bits per heavy atom. The number of amides is 19. The lowest BCUT2D eigenvalue weighted by Gasteiger charge is -2.30. The van der Waals surface area contributed by atoms with Crippen LogP contribution >= 0.6 is 0 Å². The Hall–Kier alpha value is -11.1. The van der Waals surface area contributed by atoms with Gasteiger partial charge in [0.05, 0.1) is 25.7 Å². The van der Waals surface area contributed by atoms with E-state index in [0.29, 0.717) is 69.8 Å². The van der Waals surface area contributed by atoms with Crippen LogP contribution in [0.2, 0.25) is 0 Å². The Morgan fingerprint density at radius 2 is 0.632 bits per heavy atom. The predicted octanol–water partition coefficient (Wildman–Crippen LogP) is -4.58. The second kappa shape index (κ2) is 70.5. The molecule has 1 aromatic carbocycles. The largest absolute Gasteiger partial charge is 0.391 e. The normalized spacial score (nSPS) is 14.7. The van der Waals surface area contributed by atoms with E-state index in [2.05, 4.69) is 97.3 Å². The molecule has 0 radical (unpaired) electrons. The fourth-order valence-electron chi connectivity index (χ4n) is 14.2. The van der Waals surface area contributed by atoms with Crippen LogP contribution in [0.1, 0.15) is 255 Å². The van der Waals surface area contributed by atoms with Crippen molar-refractivity contribution in [1.29, 1.82) is 0 Å². The van der Waals surface area contributed by atoms with Crippen molar-refractivity contribution in [1.82, 2.24) is 90.4 Å². The maximum atomic E-state index is 15.0. The molecule has 0 aliphatic heterocycles. The molecule has 45 nitrogen and oxygen atoms in total. The zero-order chi connectivity index (χ0) is 102. The van der Waals surface area contributed by atoms with Gasteiger partial charge >= 0.3 is 0 Å². The predicted molar refractivity (Wildman–Crippen MR) is 511 cm³/mol. The standard InChI is InChI=1S/C91H163N25O20/c1-11-13-14-15-19-40-72(120)101-53-74(122)103-57(8)78(123)116-77(59(10)117)91(136)104-58(9)79(124)115-76(56(7)12-2)90(135)111-66(39-25-31-48-97)84(129)109-67(41-42-70(98)118)86(131)114-75(55(5)6)89(134)110-65(38-24-30-47-96)83(128)107-64(37-23-29-46-95)85(130)112-68(49-54(3)4)87(132)113-69(50-60-32-17-16-18-33-60)88(133)108-63(36-22-28-45-94)82(127)106-62(35-21-27-44-93)81(126)105-61(34-20-26-43-92)80(125)102-52-73(121)100-51-71(99)119/h16-18,32-33,54-59,61-69,75-77,117H,11-15,19-31,34-53,92-97H2,1-10H3,(H2,98,118)(H2,99,119)(H,100,121)(H,101,120)(H,102,125)(H,103,122)(H,104,136)(H,105,126)(H,106,127)(H,107,128)(H,108,133)(H,109,129)(H,110,134)(H,111,135)(H,112,130)(H,113,132)(H,114,131)(H,115,124)(H,116,123)/t56-,57-,58-,59+,61-,62-,63-,64-,65-,66-,67-,68-,69-,75-,76-,77-/m0/s1. The highest BCUT2D eigenvalue weighted by molar-refractivity contribution is 6.01. The van der Waals surface area contributed by atoms with Gasteiger partial charge in [-0.15, -0.1) is 0 Å². The number of aliphatic hydroxyl groups excluding tert-OH is 1. The topological polar surface area (TPSA) is 757 Å². The number of unbranched alkanes of at least 4 members (excludes halogenated alkanes) is 10. The molecular weight excluding hydrogens is 1760 g/mol. The van der Waals surface area contributed by atoms with E-state index in [0.717, 1.165) is 25.7 Å². The highest BCUT2D eigenvalue weighted by Gasteiger charge is 2.40. The average Bonchev–Trinajstić information content (AvgIpc) is 0.845. The molecule has 0 fully saturated rings. The van der Waals surface area contributed by atoms with Gasteiger partial charge in [-0.3, -0.25) is 91.1 Å². The molecule has 0 spiro atoms. The van der Waals surface area contributed by atoms with Crippen LogP contribution in [-0.4, -0.2) is 267 Å². The summed E-state index contributed by atoms with van der Waals surface area (Å²) < 4.78 is 0. The number of hydrogen-bond acceptors (Lipinski definition) is 26. The minimum absolute atomic E-state index is 0.00942. The number of carbonyl (C=O) groups is 19. The number of nitrogens with one attached hydrogen (secondary N) is 17. The highest BCUT2D eigenvalue weighted by atomic mass is 16.3. The van der Waals surface area contributed by atoms with Crippen molar-refractivity contribution >= 4 is 112 Å². The molecule has 0 saturated heterocycles. The van der Waals surface area contributed by atoms with Gasteiger partial charge in [-0.05, 0) is 218 Å². The van der Waals surface area contributed by atoms with Gasteiger partial charge in [-0.1, -0.05) is 111 Å². The van der Waals surface area contributed by atoms with E-state index in [-0.39, 0.29) is 135 Å². The van der Waals surface area contributed by atoms with Gasteiger partial charge in [0.25, 0.3) is 0 Å². The van der Waals surface area contributed by atoms with E-state index in [1.54, 1.807) is 71.9 Å². The molecule has 0 aliphatic rings. The zero-order valence-electron chi connectivity index (χ0n) is 81.5. The van der Waals surface area contributed by atoms with Crippen molar-refractivity contribution < 1.29 is 96.2 Å². The van der Waals surface area contributed by atoms with Crippen LogP contribution in [-0.2, 0) is 97.5 Å². The minimum Gasteiger partial charge on any atom is -0.391 e. The van der Waals surface area contributed by atoms with Crippen molar-refractivity contribution in [2.75, 3.05) is 58.9 Å². The first kappa shape index (κ1) is 123. The molecule has 0 bridgehead atoms. The number of carbonyl (C=O) groups excluding carboxylic acids is 19. The Kier molecular flexibility index (Phi) is 63.7. The Balaban J connectivity index is 3.74. The Morgan fingerprint density at radius 1 is 0.294 bits per heavy atom. The van der Waals surface area contributed by atoms with Crippen molar-refractivity contribution in [3.05, 3.63) is 35.9 Å². The van der Waals surface area contributed by atoms with Crippen LogP contribution in [0.5, 0.6) is 0 Å². The lowest BCUT2D eigenvalue weighted by molar-refractivity contribution is -0.137. The highest BCUT2D eigenvalue weighted by Crippen LogP contribution is 2.18. The van der Waals surface area contributed by atoms with Crippen LogP contribution in [0.4, 0.5) is 0 Å². The maximum Gasteiger partial charge on any atom is 0.245 e. The molecule has 1 rings (SSSR count). The Labute approximate surface area is 799 Å². The second-order valence-electron chi connectivity index (χ2n) is 35.3. The molecule has 19 amide bonds. The van der Waals surface area contributed by atoms with Gasteiger partial charge in [-0.2, -0.15) is 0 Å². The monoisotopic (exact) mass is 1930 g/mol. The molecule has 0 aliphatic carbocycles. The summed E-state index contributed by atoms with van der Waals surface area (Å²) in [6.45, 7) is 15.7. The first-order valence-corrected chi connectivity index (χ1v) is 48.1.